The number of hydrogen-bond donors (Lipinski definition) is 1. The van der Waals surface area contributed by atoms with Crippen molar-refractivity contribution in [2.75, 3.05) is 25.0 Å². The van der Waals surface area contributed by atoms with Crippen LogP contribution in [0.15, 0.2) is 24.4 Å². The Morgan fingerprint density at radius 3 is 3.14 bits per heavy atom. The van der Waals surface area contributed by atoms with Crippen LogP contribution in [0.4, 0.5) is 5.82 Å². The van der Waals surface area contributed by atoms with E-state index in [1.165, 1.54) is 12.8 Å². The fourth-order valence-electron chi connectivity index (χ4n) is 1.96. The van der Waals surface area contributed by atoms with Crippen molar-refractivity contribution in [1.29, 1.82) is 0 Å². The van der Waals surface area contributed by atoms with E-state index in [-0.39, 0.29) is 0 Å². The molecule has 1 aromatic rings. The molecule has 14 heavy (non-hydrogen) atoms. The van der Waals surface area contributed by atoms with Crippen molar-refractivity contribution in [2.45, 2.75) is 18.9 Å². The van der Waals surface area contributed by atoms with Crippen molar-refractivity contribution < 1.29 is 0 Å². The number of rotatable bonds is 2. The molecule has 1 saturated heterocycles. The monoisotopic (exact) mass is 191 g/mol. The van der Waals surface area contributed by atoms with Crippen LogP contribution >= 0.6 is 0 Å². The maximum atomic E-state index is 4.37. The number of nitrogens with one attached hydrogen (secondary N) is 1. The van der Waals surface area contributed by atoms with Crippen molar-refractivity contribution in [2.24, 2.45) is 0 Å². The molecule has 0 saturated carbocycles. The number of anilines is 1. The molecular formula is C11H17N3. The molecule has 0 bridgehead atoms. The number of nitrogens with zero attached hydrogens (tertiary/aromatic N) is 2. The van der Waals surface area contributed by atoms with Gasteiger partial charge in [-0.3, -0.25) is 0 Å². The molecule has 1 N–H and O–H groups in total. The Kier molecular flexibility index (Phi) is 2.99. The van der Waals surface area contributed by atoms with Gasteiger partial charge in [-0.25, -0.2) is 4.98 Å². The summed E-state index contributed by atoms with van der Waals surface area (Å²) in [5, 5.41) is 3.33. The van der Waals surface area contributed by atoms with Crippen molar-refractivity contribution in [3.63, 3.8) is 0 Å². The van der Waals surface area contributed by atoms with Crippen molar-refractivity contribution in [1.82, 2.24) is 10.3 Å². The highest BCUT2D eigenvalue weighted by Gasteiger charge is 2.18. The minimum atomic E-state index is 0.616. The zero-order valence-electron chi connectivity index (χ0n) is 8.61. The molecule has 0 aliphatic carbocycles. The molecule has 1 aliphatic rings. The maximum Gasteiger partial charge on any atom is 0.128 e. The first-order chi connectivity index (χ1) is 6.90. The average molecular weight is 191 g/mol. The summed E-state index contributed by atoms with van der Waals surface area (Å²) in [5.74, 6) is 1.10. The first-order valence-electron chi connectivity index (χ1n) is 5.23. The van der Waals surface area contributed by atoms with E-state index in [2.05, 4.69) is 21.3 Å². The minimum absolute atomic E-state index is 0.616. The molecule has 0 spiro atoms. The van der Waals surface area contributed by atoms with E-state index in [0.29, 0.717) is 6.04 Å². The van der Waals surface area contributed by atoms with Gasteiger partial charge in [-0.15, -0.1) is 0 Å². The number of likely N-dealkylation sites (N-methyl/N-ethyl adjacent to an activating group) is 1. The van der Waals surface area contributed by atoms with Gasteiger partial charge in [-0.2, -0.15) is 0 Å². The third kappa shape index (κ3) is 2.04. The standard InChI is InChI=1S/C11H17N3/c1-12-10-5-4-8-14(9-10)11-6-2-3-7-13-11/h2-3,6-7,10,12H,4-5,8-9H2,1H3/t10-/m1/s1. The van der Waals surface area contributed by atoms with E-state index < -0.39 is 0 Å². The van der Waals surface area contributed by atoms with Crippen LogP contribution in [0.5, 0.6) is 0 Å². The Balaban J connectivity index is 2.04. The largest absolute Gasteiger partial charge is 0.355 e. The SMILES string of the molecule is CN[C@@H]1CCCN(c2ccccn2)C1. The molecule has 0 amide bonds. The predicted molar refractivity (Wildman–Crippen MR) is 58.5 cm³/mol. The summed E-state index contributed by atoms with van der Waals surface area (Å²) in [6.07, 6.45) is 4.39. The third-order valence-electron chi connectivity index (χ3n) is 2.80. The summed E-state index contributed by atoms with van der Waals surface area (Å²) in [6.45, 7) is 2.21. The van der Waals surface area contributed by atoms with Crippen LogP contribution in [-0.4, -0.2) is 31.2 Å². The zero-order valence-corrected chi connectivity index (χ0v) is 8.61. The lowest BCUT2D eigenvalue weighted by Gasteiger charge is -2.33. The van der Waals surface area contributed by atoms with Gasteiger partial charge in [-0.1, -0.05) is 6.07 Å². The normalized spacial score (nSPS) is 22.4. The molecule has 2 heterocycles. The van der Waals surface area contributed by atoms with Gasteiger partial charge in [0, 0.05) is 25.3 Å². The second-order valence-corrected chi connectivity index (χ2v) is 3.76. The molecule has 0 radical (unpaired) electrons. The van der Waals surface area contributed by atoms with Gasteiger partial charge in [0.05, 0.1) is 0 Å². The van der Waals surface area contributed by atoms with E-state index >= 15 is 0 Å². The molecule has 1 atom stereocenters. The summed E-state index contributed by atoms with van der Waals surface area (Å²) in [4.78, 5) is 6.72. The Morgan fingerprint density at radius 2 is 2.43 bits per heavy atom. The zero-order chi connectivity index (χ0) is 9.80. The van der Waals surface area contributed by atoms with E-state index in [0.717, 1.165) is 18.9 Å². The predicted octanol–water partition coefficient (Wildman–Crippen LogP) is 1.27. The molecule has 1 fully saturated rings. The molecular weight excluding hydrogens is 174 g/mol. The summed E-state index contributed by atoms with van der Waals surface area (Å²) >= 11 is 0. The van der Waals surface area contributed by atoms with E-state index in [4.69, 9.17) is 0 Å². The Hall–Kier alpha value is -1.09. The molecule has 0 unspecified atom stereocenters. The van der Waals surface area contributed by atoms with Crippen LogP contribution in [0.1, 0.15) is 12.8 Å². The summed E-state index contributed by atoms with van der Waals surface area (Å²) in [6, 6.07) is 6.71. The molecule has 3 nitrogen and oxygen atoms in total. The maximum absolute atomic E-state index is 4.37. The minimum Gasteiger partial charge on any atom is -0.355 e. The van der Waals surface area contributed by atoms with E-state index in [1.54, 1.807) is 0 Å². The van der Waals surface area contributed by atoms with E-state index in [1.807, 2.05) is 25.4 Å². The highest BCUT2D eigenvalue weighted by molar-refractivity contribution is 5.38. The van der Waals surface area contributed by atoms with Gasteiger partial charge in [-0.05, 0) is 32.0 Å². The van der Waals surface area contributed by atoms with Crippen molar-refractivity contribution >= 4 is 5.82 Å². The first kappa shape index (κ1) is 9.46. The lowest BCUT2D eigenvalue weighted by molar-refractivity contribution is 0.447. The van der Waals surface area contributed by atoms with Crippen LogP contribution in [-0.2, 0) is 0 Å². The van der Waals surface area contributed by atoms with Gasteiger partial charge >= 0.3 is 0 Å². The highest BCUT2D eigenvalue weighted by atomic mass is 15.2. The van der Waals surface area contributed by atoms with Crippen LogP contribution in [0.2, 0.25) is 0 Å². The summed E-state index contributed by atoms with van der Waals surface area (Å²) < 4.78 is 0. The van der Waals surface area contributed by atoms with Crippen LogP contribution in [0.25, 0.3) is 0 Å². The third-order valence-corrected chi connectivity index (χ3v) is 2.80. The Bertz CT molecular complexity index is 273. The fraction of sp³-hybridized carbons (Fsp3) is 0.545. The Labute approximate surface area is 85.1 Å². The second-order valence-electron chi connectivity index (χ2n) is 3.76. The van der Waals surface area contributed by atoms with Gasteiger partial charge in [0.1, 0.15) is 5.82 Å². The fourth-order valence-corrected chi connectivity index (χ4v) is 1.96. The Morgan fingerprint density at radius 1 is 1.50 bits per heavy atom. The topological polar surface area (TPSA) is 28.2 Å². The molecule has 3 heteroatoms. The molecule has 76 valence electrons. The van der Waals surface area contributed by atoms with Crippen LogP contribution < -0.4 is 10.2 Å². The highest BCUT2D eigenvalue weighted by Crippen LogP contribution is 2.16. The van der Waals surface area contributed by atoms with Crippen LogP contribution in [0.3, 0.4) is 0 Å². The summed E-state index contributed by atoms with van der Waals surface area (Å²) in [5.41, 5.74) is 0. The smallest absolute Gasteiger partial charge is 0.128 e. The number of piperidine rings is 1. The van der Waals surface area contributed by atoms with Gasteiger partial charge in [0.15, 0.2) is 0 Å². The number of hydrogen-bond acceptors (Lipinski definition) is 3. The molecule has 1 aliphatic heterocycles. The number of aromatic nitrogens is 1. The average Bonchev–Trinajstić information content (AvgIpc) is 2.30. The second kappa shape index (κ2) is 4.42. The van der Waals surface area contributed by atoms with Gasteiger partial charge in [0.25, 0.3) is 0 Å². The van der Waals surface area contributed by atoms with E-state index in [9.17, 15) is 0 Å². The number of pyridine rings is 1. The van der Waals surface area contributed by atoms with Gasteiger partial charge in [0.2, 0.25) is 0 Å². The molecule has 0 aromatic carbocycles. The first-order valence-corrected chi connectivity index (χ1v) is 5.23. The van der Waals surface area contributed by atoms with Crippen molar-refractivity contribution in [3.05, 3.63) is 24.4 Å². The molecule has 1 aromatic heterocycles. The lowest BCUT2D eigenvalue weighted by atomic mass is 10.1. The lowest BCUT2D eigenvalue weighted by Crippen LogP contribution is -2.44. The van der Waals surface area contributed by atoms with Gasteiger partial charge < -0.3 is 10.2 Å². The molecule has 2 rings (SSSR count). The van der Waals surface area contributed by atoms with Crippen LogP contribution in [0, 0.1) is 0 Å². The quantitative estimate of drug-likeness (QED) is 0.763. The summed E-state index contributed by atoms with van der Waals surface area (Å²) in [7, 11) is 2.03. The van der Waals surface area contributed by atoms with Crippen molar-refractivity contribution in [3.8, 4) is 0 Å².